The number of fused-ring (bicyclic) bond motifs is 1. The predicted octanol–water partition coefficient (Wildman–Crippen LogP) is 1.37. The van der Waals surface area contributed by atoms with E-state index in [0.717, 1.165) is 18.4 Å². The highest BCUT2D eigenvalue weighted by atomic mass is 16.3. The molecule has 2 amide bonds. The molecule has 0 saturated heterocycles. The Morgan fingerprint density at radius 2 is 1.95 bits per heavy atom. The van der Waals surface area contributed by atoms with Gasteiger partial charge in [0.1, 0.15) is 0 Å². The summed E-state index contributed by atoms with van der Waals surface area (Å²) in [6.45, 7) is 0.576. The molecule has 1 aliphatic heterocycles. The summed E-state index contributed by atoms with van der Waals surface area (Å²) >= 11 is 0. The Labute approximate surface area is 112 Å². The lowest BCUT2D eigenvalue weighted by Crippen LogP contribution is -2.45. The molecule has 1 heterocycles. The smallest absolute Gasteiger partial charge is 0.260 e. The topological polar surface area (TPSA) is 57.6 Å². The van der Waals surface area contributed by atoms with Crippen molar-refractivity contribution < 1.29 is 14.7 Å². The van der Waals surface area contributed by atoms with Gasteiger partial charge in [-0.25, -0.2) is 0 Å². The zero-order valence-electron chi connectivity index (χ0n) is 10.8. The van der Waals surface area contributed by atoms with Gasteiger partial charge in [0.05, 0.1) is 6.42 Å². The zero-order chi connectivity index (χ0) is 13.5. The van der Waals surface area contributed by atoms with Gasteiger partial charge < -0.3 is 5.11 Å². The molecule has 100 valence electrons. The number of hydrogen-bond acceptors (Lipinski definition) is 3. The number of nitrogens with zero attached hydrogens (tertiary/aromatic N) is 1. The Balaban J connectivity index is 1.84. The van der Waals surface area contributed by atoms with Crippen molar-refractivity contribution in [3.05, 3.63) is 35.4 Å². The van der Waals surface area contributed by atoms with Crippen LogP contribution in [-0.2, 0) is 11.2 Å². The monoisotopic (exact) mass is 259 g/mol. The maximum atomic E-state index is 12.4. The Kier molecular flexibility index (Phi) is 2.90. The fourth-order valence-corrected chi connectivity index (χ4v) is 2.80. The van der Waals surface area contributed by atoms with Crippen molar-refractivity contribution in [1.29, 1.82) is 0 Å². The second kappa shape index (κ2) is 4.46. The quantitative estimate of drug-likeness (QED) is 0.831. The van der Waals surface area contributed by atoms with Crippen molar-refractivity contribution in [1.82, 2.24) is 4.90 Å². The molecule has 0 unspecified atom stereocenters. The van der Waals surface area contributed by atoms with E-state index in [-0.39, 0.29) is 23.8 Å². The number of hydrogen-bond donors (Lipinski definition) is 1. The van der Waals surface area contributed by atoms with Crippen LogP contribution in [0.2, 0.25) is 0 Å². The summed E-state index contributed by atoms with van der Waals surface area (Å²) in [6.07, 6.45) is 2.96. The summed E-state index contributed by atoms with van der Waals surface area (Å²) in [4.78, 5) is 25.9. The minimum absolute atomic E-state index is 0.0215. The number of carbonyl (C=O) groups excluding carboxylic acids is 2. The van der Waals surface area contributed by atoms with Gasteiger partial charge in [-0.3, -0.25) is 14.5 Å². The van der Waals surface area contributed by atoms with Gasteiger partial charge in [-0.05, 0) is 36.3 Å². The maximum Gasteiger partial charge on any atom is 0.260 e. The molecule has 0 bridgehead atoms. The van der Waals surface area contributed by atoms with Gasteiger partial charge in [0.15, 0.2) is 0 Å². The van der Waals surface area contributed by atoms with Crippen LogP contribution in [-0.4, -0.2) is 35.0 Å². The van der Waals surface area contributed by atoms with Crippen LogP contribution >= 0.6 is 0 Å². The Morgan fingerprint density at radius 3 is 2.63 bits per heavy atom. The first kappa shape index (κ1) is 12.4. The molecule has 0 spiro atoms. The van der Waals surface area contributed by atoms with Crippen LogP contribution in [0.4, 0.5) is 0 Å². The fraction of sp³-hybridized carbons (Fsp3) is 0.467. The van der Waals surface area contributed by atoms with Crippen molar-refractivity contribution in [3.63, 3.8) is 0 Å². The summed E-state index contributed by atoms with van der Waals surface area (Å²) in [7, 11) is 0. The number of amides is 2. The van der Waals surface area contributed by atoms with Crippen LogP contribution in [0, 0.1) is 5.41 Å². The minimum atomic E-state index is -0.184. The first-order valence-electron chi connectivity index (χ1n) is 6.69. The van der Waals surface area contributed by atoms with Gasteiger partial charge in [0.25, 0.3) is 5.91 Å². The normalized spacial score (nSPS) is 20.4. The average Bonchev–Trinajstić information content (AvgIpc) is 3.15. The molecule has 4 heteroatoms. The molecule has 0 atom stereocenters. The second-order valence-corrected chi connectivity index (χ2v) is 5.59. The lowest BCUT2D eigenvalue weighted by atomic mass is 9.95. The van der Waals surface area contributed by atoms with Crippen molar-refractivity contribution in [3.8, 4) is 0 Å². The molecule has 2 aliphatic rings. The highest BCUT2D eigenvalue weighted by Crippen LogP contribution is 2.49. The predicted molar refractivity (Wildman–Crippen MR) is 69.6 cm³/mol. The van der Waals surface area contributed by atoms with Crippen LogP contribution in [0.15, 0.2) is 24.3 Å². The van der Waals surface area contributed by atoms with Crippen LogP contribution in [0.25, 0.3) is 0 Å². The third kappa shape index (κ3) is 2.16. The summed E-state index contributed by atoms with van der Waals surface area (Å²) in [5, 5.41) is 9.07. The number of rotatable bonds is 4. The van der Waals surface area contributed by atoms with E-state index in [2.05, 4.69) is 0 Å². The molecular formula is C15H17NO3. The molecule has 1 aromatic carbocycles. The van der Waals surface area contributed by atoms with Gasteiger partial charge in [0.2, 0.25) is 5.91 Å². The van der Waals surface area contributed by atoms with E-state index in [0.29, 0.717) is 24.9 Å². The first-order valence-corrected chi connectivity index (χ1v) is 6.69. The van der Waals surface area contributed by atoms with E-state index in [1.807, 2.05) is 18.2 Å². The van der Waals surface area contributed by atoms with Crippen molar-refractivity contribution >= 4 is 11.8 Å². The van der Waals surface area contributed by atoms with Crippen LogP contribution in [0.3, 0.4) is 0 Å². The molecule has 4 nitrogen and oxygen atoms in total. The van der Waals surface area contributed by atoms with E-state index >= 15 is 0 Å². The number of aliphatic hydroxyl groups is 1. The molecule has 19 heavy (non-hydrogen) atoms. The molecule has 0 radical (unpaired) electrons. The summed E-state index contributed by atoms with van der Waals surface area (Å²) < 4.78 is 0. The van der Waals surface area contributed by atoms with Crippen molar-refractivity contribution in [2.75, 3.05) is 13.2 Å². The van der Waals surface area contributed by atoms with Gasteiger partial charge >= 0.3 is 0 Å². The fourth-order valence-electron chi connectivity index (χ4n) is 2.80. The van der Waals surface area contributed by atoms with Gasteiger partial charge in [-0.2, -0.15) is 0 Å². The molecule has 1 saturated carbocycles. The SMILES string of the molecule is O=C1Cc2ccccc2C(=O)N1CC1(CCO)CC1. The summed E-state index contributed by atoms with van der Waals surface area (Å²) in [6, 6.07) is 7.29. The number of benzene rings is 1. The van der Waals surface area contributed by atoms with Crippen molar-refractivity contribution in [2.45, 2.75) is 25.7 Å². The Hall–Kier alpha value is -1.68. The third-order valence-corrected chi connectivity index (χ3v) is 4.23. The van der Waals surface area contributed by atoms with E-state index in [9.17, 15) is 9.59 Å². The van der Waals surface area contributed by atoms with E-state index in [1.165, 1.54) is 4.90 Å². The average molecular weight is 259 g/mol. The van der Waals surface area contributed by atoms with Gasteiger partial charge in [-0.1, -0.05) is 18.2 Å². The molecule has 1 aliphatic carbocycles. The van der Waals surface area contributed by atoms with Gasteiger partial charge in [0, 0.05) is 18.7 Å². The number of aliphatic hydroxyl groups excluding tert-OH is 1. The maximum absolute atomic E-state index is 12.4. The molecule has 1 N–H and O–H groups in total. The standard InChI is InChI=1S/C15H17NO3/c17-8-7-15(5-6-15)10-16-13(18)9-11-3-1-2-4-12(11)14(16)19/h1-4,17H,5-10H2. The highest BCUT2D eigenvalue weighted by Gasteiger charge is 2.46. The summed E-state index contributed by atoms with van der Waals surface area (Å²) in [5.74, 6) is -0.302. The molecular weight excluding hydrogens is 242 g/mol. The Bertz CT molecular complexity index is 534. The second-order valence-electron chi connectivity index (χ2n) is 5.59. The molecule has 3 rings (SSSR count). The highest BCUT2D eigenvalue weighted by molar-refractivity contribution is 6.09. The van der Waals surface area contributed by atoms with E-state index in [1.54, 1.807) is 6.07 Å². The zero-order valence-corrected chi connectivity index (χ0v) is 10.8. The number of imide groups is 1. The van der Waals surface area contributed by atoms with Crippen LogP contribution < -0.4 is 0 Å². The van der Waals surface area contributed by atoms with Crippen molar-refractivity contribution in [2.24, 2.45) is 5.41 Å². The molecule has 0 aromatic heterocycles. The summed E-state index contributed by atoms with van der Waals surface area (Å²) in [5.41, 5.74) is 1.44. The number of carbonyl (C=O) groups is 2. The third-order valence-electron chi connectivity index (χ3n) is 4.23. The Morgan fingerprint density at radius 1 is 1.21 bits per heavy atom. The minimum Gasteiger partial charge on any atom is -0.396 e. The largest absolute Gasteiger partial charge is 0.396 e. The molecule has 1 fully saturated rings. The van der Waals surface area contributed by atoms with E-state index in [4.69, 9.17) is 5.11 Å². The first-order chi connectivity index (χ1) is 9.15. The molecule has 1 aromatic rings. The van der Waals surface area contributed by atoms with Gasteiger partial charge in [-0.15, -0.1) is 0 Å². The van der Waals surface area contributed by atoms with Crippen LogP contribution in [0.5, 0.6) is 0 Å². The van der Waals surface area contributed by atoms with E-state index < -0.39 is 0 Å². The lowest BCUT2D eigenvalue weighted by molar-refractivity contribution is -0.129. The lowest BCUT2D eigenvalue weighted by Gasteiger charge is -2.30. The van der Waals surface area contributed by atoms with Crippen LogP contribution in [0.1, 0.15) is 35.2 Å².